The summed E-state index contributed by atoms with van der Waals surface area (Å²) in [5, 5.41) is 0. The molecule has 0 spiro atoms. The quantitative estimate of drug-likeness (QED) is 0.271. The first-order chi connectivity index (χ1) is 10.0. The van der Waals surface area contributed by atoms with Crippen molar-refractivity contribution in [2.75, 3.05) is 0 Å². The molecular formula is C12H24F12Si. The first-order valence-electron chi connectivity index (χ1n) is 6.27. The zero-order valence-corrected chi connectivity index (χ0v) is 16.0. The van der Waals surface area contributed by atoms with Crippen molar-refractivity contribution in [1.29, 1.82) is 0 Å². The van der Waals surface area contributed by atoms with Gasteiger partial charge < -0.3 is 0 Å². The fourth-order valence-corrected chi connectivity index (χ4v) is 0. The smallest absolute Gasteiger partial charge is 0.172 e. The van der Waals surface area contributed by atoms with Crippen molar-refractivity contribution >= 4 is 8.07 Å². The van der Waals surface area contributed by atoms with E-state index < -0.39 is 32.8 Å². The molecule has 0 aliphatic heterocycles. The fourth-order valence-electron chi connectivity index (χ4n) is 0. The van der Waals surface area contributed by atoms with Gasteiger partial charge in [-0.15, -0.1) is 0 Å². The molecule has 0 heterocycles. The predicted molar refractivity (Wildman–Crippen MR) is 76.1 cm³/mol. The molecule has 13 heteroatoms. The summed E-state index contributed by atoms with van der Waals surface area (Å²) >= 11 is 0. The normalized spacial score (nSPS) is 12.0. The lowest BCUT2D eigenvalue weighted by Gasteiger charge is -2.01. The van der Waals surface area contributed by atoms with Gasteiger partial charge in [-0.2, -0.15) is 52.7 Å². The van der Waals surface area contributed by atoms with Gasteiger partial charge in [-0.3, -0.25) is 0 Å². The summed E-state index contributed by atoms with van der Waals surface area (Å²) in [5.41, 5.74) is 0. The van der Waals surface area contributed by atoms with Gasteiger partial charge in [0, 0.05) is 35.8 Å². The Bertz CT molecular complexity index is 177. The highest BCUT2D eigenvalue weighted by Gasteiger charge is 2.16. The van der Waals surface area contributed by atoms with Crippen LogP contribution in [0.5, 0.6) is 0 Å². The van der Waals surface area contributed by atoms with Gasteiger partial charge in [0.1, 0.15) is 0 Å². The third kappa shape index (κ3) is 27500. The summed E-state index contributed by atoms with van der Waals surface area (Å²) in [6.45, 7) is 10.1. The van der Waals surface area contributed by atoms with E-state index in [0.29, 0.717) is 0 Å². The molecule has 0 fully saturated rings. The fraction of sp³-hybridized carbons (Fsp3) is 1.00. The van der Waals surface area contributed by atoms with E-state index in [1.807, 2.05) is 0 Å². The minimum atomic E-state index is -4.00. The lowest BCUT2D eigenvalue weighted by atomic mass is 10.8. The molecule has 0 unspecified atom stereocenters. The molecule has 25 heavy (non-hydrogen) atoms. The largest absolute Gasteiger partial charge is 0.386 e. The molecular weight excluding hydrogens is 400 g/mol. The van der Waals surface area contributed by atoms with Gasteiger partial charge in [-0.1, -0.05) is 26.2 Å². The second-order valence-corrected chi connectivity index (χ2v) is 12.1. The van der Waals surface area contributed by atoms with E-state index >= 15 is 0 Å². The Kier molecular flexibility index (Phi) is 19.2. The standard InChI is InChI=1S/C4H12Si.4C2H3F3/c1-5(2,3)4;4*1-2(3,4)5/h1-4H3;4*1H3. The zero-order valence-electron chi connectivity index (χ0n) is 15.0. The van der Waals surface area contributed by atoms with Gasteiger partial charge in [0.2, 0.25) is 0 Å². The number of hydrogen-bond acceptors (Lipinski definition) is 0. The van der Waals surface area contributed by atoms with Crippen LogP contribution in [0.15, 0.2) is 0 Å². The summed E-state index contributed by atoms with van der Waals surface area (Å²) < 4.78 is 124. The molecule has 0 saturated heterocycles. The second-order valence-electron chi connectivity index (χ2n) is 6.12. The van der Waals surface area contributed by atoms with Crippen molar-refractivity contribution < 1.29 is 52.7 Å². The van der Waals surface area contributed by atoms with E-state index in [0.717, 1.165) is 0 Å². The molecule has 0 radical (unpaired) electrons. The maximum absolute atomic E-state index is 10.4. The maximum atomic E-state index is 10.4. The lowest BCUT2D eigenvalue weighted by Crippen LogP contribution is -2.10. The monoisotopic (exact) mass is 424 g/mol. The molecule has 0 rings (SSSR count). The molecule has 0 aromatic heterocycles. The maximum Gasteiger partial charge on any atom is 0.386 e. The van der Waals surface area contributed by atoms with E-state index in [1.165, 1.54) is 0 Å². The van der Waals surface area contributed by atoms with Crippen LogP contribution in [0.1, 0.15) is 27.7 Å². The Hall–Kier alpha value is -0.623. The van der Waals surface area contributed by atoms with E-state index in [9.17, 15) is 52.7 Å². The number of alkyl halides is 12. The van der Waals surface area contributed by atoms with Crippen LogP contribution < -0.4 is 0 Å². The summed E-state index contributed by atoms with van der Waals surface area (Å²) in [7, 11) is -0.611. The predicted octanol–water partition coefficient (Wildman–Crippen LogP) is 8.23. The second kappa shape index (κ2) is 13.6. The average Bonchev–Trinajstić information content (AvgIpc) is 1.79. The number of hydrogen-bond donors (Lipinski definition) is 0. The topological polar surface area (TPSA) is 0 Å². The first-order valence-corrected chi connectivity index (χ1v) is 10.3. The molecule has 0 N–H and O–H groups in total. The number of halogens is 12. The Morgan fingerprint density at radius 3 is 0.360 bits per heavy atom. The molecule has 0 aliphatic rings. The van der Waals surface area contributed by atoms with Crippen molar-refractivity contribution in [3.8, 4) is 0 Å². The highest BCUT2D eigenvalue weighted by molar-refractivity contribution is 6.74. The van der Waals surface area contributed by atoms with E-state index in [1.54, 1.807) is 0 Å². The lowest BCUT2D eigenvalue weighted by molar-refractivity contribution is -0.111. The van der Waals surface area contributed by atoms with Crippen molar-refractivity contribution in [3.05, 3.63) is 0 Å². The van der Waals surface area contributed by atoms with Crippen LogP contribution in [-0.2, 0) is 0 Å². The summed E-state index contributed by atoms with van der Waals surface area (Å²) in [6.07, 6.45) is -16.0. The van der Waals surface area contributed by atoms with Crippen LogP contribution in [-0.4, -0.2) is 32.8 Å². The third-order valence-electron chi connectivity index (χ3n) is 0. The minimum Gasteiger partial charge on any atom is -0.172 e. The van der Waals surface area contributed by atoms with Gasteiger partial charge in [0.05, 0.1) is 0 Å². The van der Waals surface area contributed by atoms with Gasteiger partial charge >= 0.3 is 24.7 Å². The molecule has 0 amide bonds. The van der Waals surface area contributed by atoms with Gasteiger partial charge in [-0.25, -0.2) is 0 Å². The van der Waals surface area contributed by atoms with E-state index in [4.69, 9.17) is 0 Å². The highest BCUT2D eigenvalue weighted by Crippen LogP contribution is 2.11. The first kappa shape index (κ1) is 35.5. The van der Waals surface area contributed by atoms with Crippen LogP contribution in [0.4, 0.5) is 52.7 Å². The van der Waals surface area contributed by atoms with Crippen LogP contribution in [0.3, 0.4) is 0 Å². The van der Waals surface area contributed by atoms with Crippen molar-refractivity contribution in [3.63, 3.8) is 0 Å². The van der Waals surface area contributed by atoms with E-state index in [-0.39, 0.29) is 27.7 Å². The molecule has 0 nitrogen and oxygen atoms in total. The Morgan fingerprint density at radius 1 is 0.360 bits per heavy atom. The van der Waals surface area contributed by atoms with Crippen LogP contribution in [0.25, 0.3) is 0 Å². The molecule has 0 aromatic carbocycles. The van der Waals surface area contributed by atoms with Crippen molar-refractivity contribution in [2.45, 2.75) is 78.6 Å². The Balaban J connectivity index is -0.0000000667. The van der Waals surface area contributed by atoms with Gasteiger partial charge in [-0.05, 0) is 0 Å². The Labute approximate surface area is 140 Å². The SMILES string of the molecule is CC(F)(F)F.CC(F)(F)F.CC(F)(F)F.CC(F)(F)F.C[Si](C)(C)C. The van der Waals surface area contributed by atoms with Crippen molar-refractivity contribution in [1.82, 2.24) is 0 Å². The molecule has 0 aliphatic carbocycles. The molecule has 160 valence electrons. The third-order valence-corrected chi connectivity index (χ3v) is 0. The summed E-state index contributed by atoms with van der Waals surface area (Å²) in [6, 6.07) is 0. The molecule has 0 saturated carbocycles. The summed E-state index contributed by atoms with van der Waals surface area (Å²) in [4.78, 5) is 0. The zero-order chi connectivity index (χ0) is 22.5. The molecule has 0 atom stereocenters. The van der Waals surface area contributed by atoms with Crippen LogP contribution >= 0.6 is 0 Å². The summed E-state index contributed by atoms with van der Waals surface area (Å²) in [5.74, 6) is 0. The molecule has 0 bridgehead atoms. The average molecular weight is 424 g/mol. The Morgan fingerprint density at radius 2 is 0.360 bits per heavy atom. The highest BCUT2D eigenvalue weighted by atomic mass is 28.3. The number of rotatable bonds is 0. The van der Waals surface area contributed by atoms with Crippen LogP contribution in [0.2, 0.25) is 26.2 Å². The molecule has 0 aromatic rings. The minimum absolute atomic E-state index is 0.188. The van der Waals surface area contributed by atoms with Crippen molar-refractivity contribution in [2.24, 2.45) is 0 Å². The van der Waals surface area contributed by atoms with Gasteiger partial charge in [0.25, 0.3) is 0 Å². The van der Waals surface area contributed by atoms with E-state index in [2.05, 4.69) is 26.2 Å². The van der Waals surface area contributed by atoms with Gasteiger partial charge in [0.15, 0.2) is 0 Å². The van der Waals surface area contributed by atoms with Crippen LogP contribution in [0, 0.1) is 0 Å².